The maximum Gasteiger partial charge on any atom is 0.564 e. The second-order valence-electron chi connectivity index (χ2n) is 8.76. The molecule has 0 aliphatic carbocycles. The van der Waals surface area contributed by atoms with Crippen LogP contribution < -0.4 is 9.05 Å². The van der Waals surface area contributed by atoms with Gasteiger partial charge >= 0.3 is 13.9 Å². The van der Waals surface area contributed by atoms with Gasteiger partial charge in [0.05, 0.1) is 5.56 Å². The second-order valence-corrected chi connectivity index (χ2v) is 10.3. The van der Waals surface area contributed by atoms with Crippen molar-refractivity contribution in [1.82, 2.24) is 4.90 Å². The van der Waals surface area contributed by atoms with Crippen LogP contribution >= 0.6 is 7.75 Å². The van der Waals surface area contributed by atoms with Crippen LogP contribution in [0.3, 0.4) is 0 Å². The fourth-order valence-electron chi connectivity index (χ4n) is 3.79. The third-order valence-electron chi connectivity index (χ3n) is 5.22. The molecule has 0 aliphatic rings. The molecule has 3 aromatic rings. The Labute approximate surface area is 210 Å². The number of amidine groups is 1. The molecule has 0 bridgehead atoms. The van der Waals surface area contributed by atoms with E-state index in [1.54, 1.807) is 60.7 Å². The minimum atomic E-state index is -4.43. The Morgan fingerprint density at radius 3 is 1.64 bits per heavy atom. The molecule has 0 aliphatic heterocycles. The summed E-state index contributed by atoms with van der Waals surface area (Å²) in [6, 6.07) is 21.9. The van der Waals surface area contributed by atoms with Crippen molar-refractivity contribution in [3.63, 3.8) is 0 Å². The van der Waals surface area contributed by atoms with Crippen LogP contribution in [0.4, 0.5) is 13.2 Å². The van der Waals surface area contributed by atoms with Gasteiger partial charge in [0.1, 0.15) is 17.3 Å². The Morgan fingerprint density at radius 2 is 1.25 bits per heavy atom. The summed E-state index contributed by atoms with van der Waals surface area (Å²) in [6.45, 7) is 7.85. The predicted molar refractivity (Wildman–Crippen MR) is 136 cm³/mol. The van der Waals surface area contributed by atoms with Crippen molar-refractivity contribution in [2.45, 2.75) is 52.4 Å². The average Bonchev–Trinajstić information content (AvgIpc) is 2.79. The van der Waals surface area contributed by atoms with Gasteiger partial charge in [-0.15, -0.1) is 4.76 Å². The lowest BCUT2D eigenvalue weighted by Gasteiger charge is -2.34. The van der Waals surface area contributed by atoms with Crippen molar-refractivity contribution < 1.29 is 26.8 Å². The largest absolute Gasteiger partial charge is 0.564 e. The third kappa shape index (κ3) is 7.62. The number of hydrogen-bond acceptors (Lipinski definition) is 3. The van der Waals surface area contributed by atoms with Crippen LogP contribution in [0.1, 0.15) is 38.8 Å². The van der Waals surface area contributed by atoms with Crippen LogP contribution in [0.25, 0.3) is 0 Å². The van der Waals surface area contributed by atoms with Crippen LogP contribution in [-0.4, -0.2) is 22.8 Å². The van der Waals surface area contributed by atoms with E-state index in [9.17, 15) is 17.7 Å². The number of para-hydroxylation sites is 2. The Kier molecular flexibility index (Phi) is 8.85. The number of halogens is 3. The Morgan fingerprint density at radius 1 is 0.806 bits per heavy atom. The van der Waals surface area contributed by atoms with E-state index < -0.39 is 19.5 Å². The molecule has 0 radical (unpaired) electrons. The summed E-state index contributed by atoms with van der Waals surface area (Å²) in [6.07, 6.45) is -4.30. The predicted octanol–water partition coefficient (Wildman–Crippen LogP) is 8.03. The minimum Gasteiger partial charge on any atom is -0.399 e. The highest BCUT2D eigenvalue weighted by Crippen LogP contribution is 2.50. The number of rotatable bonds is 9. The molecule has 9 heteroatoms. The molecule has 3 rings (SSSR count). The standard InChI is InChI=1S/C27H30F3N2O3P/c1-20(2)32(21(3)4)26(19-22-15-17-23(18-16-22)27(28,29)30)31-36(33,34-24-11-7-5-8-12-24)35-25-13-9-6-10-14-25/h5-18,20-21H,19H2,1-4H3/b31-26+. The van der Waals surface area contributed by atoms with Gasteiger partial charge in [-0.2, -0.15) is 13.2 Å². The molecule has 0 heterocycles. The van der Waals surface area contributed by atoms with Crippen LogP contribution in [0.15, 0.2) is 89.7 Å². The fraction of sp³-hybridized carbons (Fsp3) is 0.296. The smallest absolute Gasteiger partial charge is 0.399 e. The SMILES string of the molecule is CC(C)N(/C(Cc1ccc(C(F)(F)F)cc1)=N/P(=O)(Oc1ccccc1)Oc1ccccc1)C(C)C. The molecule has 192 valence electrons. The van der Waals surface area contributed by atoms with Gasteiger partial charge in [0.15, 0.2) is 0 Å². The van der Waals surface area contributed by atoms with E-state index in [0.29, 0.717) is 22.9 Å². The van der Waals surface area contributed by atoms with E-state index in [2.05, 4.69) is 4.76 Å². The van der Waals surface area contributed by atoms with Crippen LogP contribution in [0.5, 0.6) is 11.5 Å². The monoisotopic (exact) mass is 518 g/mol. The minimum absolute atomic E-state index is 0.0416. The summed E-state index contributed by atoms with van der Waals surface area (Å²) in [5, 5.41) is 0. The number of alkyl halides is 3. The molecule has 0 saturated carbocycles. The fourth-order valence-corrected chi connectivity index (χ4v) is 5.15. The van der Waals surface area contributed by atoms with E-state index in [4.69, 9.17) is 9.05 Å². The van der Waals surface area contributed by atoms with Gasteiger partial charge in [-0.05, 0) is 69.7 Å². The molecular formula is C27H30F3N2O3P. The Balaban J connectivity index is 2.07. The van der Waals surface area contributed by atoms with Crippen LogP contribution in [-0.2, 0) is 17.2 Å². The summed E-state index contributed by atoms with van der Waals surface area (Å²) in [7, 11) is -4.16. The zero-order valence-corrected chi connectivity index (χ0v) is 21.5. The summed E-state index contributed by atoms with van der Waals surface area (Å²) in [5.41, 5.74) is -0.154. The first-order valence-electron chi connectivity index (χ1n) is 11.6. The van der Waals surface area contributed by atoms with Crippen molar-refractivity contribution >= 4 is 13.6 Å². The maximum absolute atomic E-state index is 14.1. The summed E-state index contributed by atoms with van der Waals surface area (Å²) in [4.78, 5) is 1.95. The van der Waals surface area contributed by atoms with Gasteiger partial charge in [0.25, 0.3) is 0 Å². The van der Waals surface area contributed by atoms with E-state index in [-0.39, 0.29) is 18.5 Å². The van der Waals surface area contributed by atoms with Crippen molar-refractivity contribution in [1.29, 1.82) is 0 Å². The van der Waals surface area contributed by atoms with Gasteiger partial charge < -0.3 is 13.9 Å². The Hall–Kier alpha value is -3.25. The molecule has 0 unspecified atom stereocenters. The van der Waals surface area contributed by atoms with Crippen molar-refractivity contribution in [3.8, 4) is 11.5 Å². The van der Waals surface area contributed by atoms with Crippen LogP contribution in [0, 0.1) is 0 Å². The van der Waals surface area contributed by atoms with Gasteiger partial charge in [-0.25, -0.2) is 4.57 Å². The van der Waals surface area contributed by atoms with Gasteiger partial charge in [-0.3, -0.25) is 0 Å². The topological polar surface area (TPSA) is 51.1 Å². The molecular weight excluding hydrogens is 488 g/mol. The summed E-state index contributed by atoms with van der Waals surface area (Å²) < 4.78 is 69.4. The first kappa shape index (κ1) is 27.3. The van der Waals surface area contributed by atoms with Gasteiger partial charge in [0, 0.05) is 18.5 Å². The zero-order chi connectivity index (χ0) is 26.3. The van der Waals surface area contributed by atoms with E-state index >= 15 is 0 Å². The number of nitrogens with zero attached hydrogens (tertiary/aromatic N) is 2. The lowest BCUT2D eigenvalue weighted by Crippen LogP contribution is -2.43. The normalized spacial score (nSPS) is 12.6. The van der Waals surface area contributed by atoms with E-state index in [0.717, 1.165) is 12.1 Å². The molecule has 0 aromatic heterocycles. The first-order valence-corrected chi connectivity index (χ1v) is 13.1. The summed E-state index contributed by atoms with van der Waals surface area (Å²) in [5.74, 6) is 1.01. The summed E-state index contributed by atoms with van der Waals surface area (Å²) >= 11 is 0. The van der Waals surface area contributed by atoms with Crippen LogP contribution in [0.2, 0.25) is 0 Å². The molecule has 5 nitrogen and oxygen atoms in total. The molecule has 0 fully saturated rings. The molecule has 0 N–H and O–H groups in total. The maximum atomic E-state index is 14.1. The third-order valence-corrected chi connectivity index (χ3v) is 6.58. The highest BCUT2D eigenvalue weighted by atomic mass is 31.2. The molecule has 0 atom stereocenters. The van der Waals surface area contributed by atoms with E-state index in [1.807, 2.05) is 32.6 Å². The lowest BCUT2D eigenvalue weighted by molar-refractivity contribution is -0.137. The highest BCUT2D eigenvalue weighted by molar-refractivity contribution is 7.53. The van der Waals surface area contributed by atoms with Gasteiger partial charge in [0.2, 0.25) is 0 Å². The van der Waals surface area contributed by atoms with E-state index in [1.165, 1.54) is 12.1 Å². The van der Waals surface area contributed by atoms with Crippen molar-refractivity contribution in [2.24, 2.45) is 4.76 Å². The average molecular weight is 519 g/mol. The zero-order valence-electron chi connectivity index (χ0n) is 20.6. The number of benzene rings is 3. The van der Waals surface area contributed by atoms with Crippen molar-refractivity contribution in [2.75, 3.05) is 0 Å². The molecule has 0 amide bonds. The Bertz CT molecular complexity index is 1130. The van der Waals surface area contributed by atoms with Gasteiger partial charge in [-0.1, -0.05) is 48.5 Å². The first-order chi connectivity index (χ1) is 17.0. The number of hydrogen-bond donors (Lipinski definition) is 0. The molecule has 0 saturated heterocycles. The molecule has 0 spiro atoms. The molecule has 3 aromatic carbocycles. The van der Waals surface area contributed by atoms with Crippen molar-refractivity contribution in [3.05, 3.63) is 96.1 Å². The second kappa shape index (κ2) is 11.7. The quantitative estimate of drug-likeness (QED) is 0.163. The highest BCUT2D eigenvalue weighted by Gasteiger charge is 2.33. The molecule has 36 heavy (non-hydrogen) atoms. The lowest BCUT2D eigenvalue weighted by atomic mass is 10.1.